The van der Waals surface area contributed by atoms with Crippen LogP contribution in [0.25, 0.3) is 10.1 Å². The maximum Gasteiger partial charge on any atom is 0.120 e. The molecule has 2 heterocycles. The molecule has 3 heteroatoms. The fraction of sp³-hybridized carbons (Fsp3) is 0.333. The van der Waals surface area contributed by atoms with Gasteiger partial charge >= 0.3 is 0 Å². The second kappa shape index (κ2) is 3.83. The minimum absolute atomic E-state index is 0.697. The van der Waals surface area contributed by atoms with Crippen LogP contribution in [0.3, 0.4) is 0 Å². The number of hydrogen-bond acceptors (Lipinski definition) is 3. The van der Waals surface area contributed by atoms with Crippen LogP contribution >= 0.6 is 11.3 Å². The lowest BCUT2D eigenvalue weighted by Gasteiger charge is -2.26. The van der Waals surface area contributed by atoms with Crippen molar-refractivity contribution in [3.05, 3.63) is 29.6 Å². The SMILES string of the molecule is c1cc2cc(OCC3CNC3)ccc2s1. The van der Waals surface area contributed by atoms with Gasteiger partial charge in [-0.3, -0.25) is 0 Å². The van der Waals surface area contributed by atoms with Crippen LogP contribution in [0.2, 0.25) is 0 Å². The smallest absolute Gasteiger partial charge is 0.120 e. The van der Waals surface area contributed by atoms with Crippen LogP contribution in [0.15, 0.2) is 29.6 Å². The Morgan fingerprint density at radius 2 is 2.27 bits per heavy atom. The van der Waals surface area contributed by atoms with Crippen LogP contribution in [0.5, 0.6) is 5.75 Å². The highest BCUT2D eigenvalue weighted by Crippen LogP contribution is 2.25. The molecule has 0 bridgehead atoms. The van der Waals surface area contributed by atoms with Crippen LogP contribution in [-0.2, 0) is 0 Å². The minimum Gasteiger partial charge on any atom is -0.493 e. The molecule has 1 aliphatic rings. The lowest BCUT2D eigenvalue weighted by molar-refractivity contribution is 0.199. The summed E-state index contributed by atoms with van der Waals surface area (Å²) in [6.07, 6.45) is 0. The molecule has 1 saturated heterocycles. The Hall–Kier alpha value is -1.06. The predicted molar refractivity (Wildman–Crippen MR) is 63.7 cm³/mol. The molecule has 2 nitrogen and oxygen atoms in total. The zero-order valence-corrected chi connectivity index (χ0v) is 9.22. The van der Waals surface area contributed by atoms with Crippen molar-refractivity contribution in [2.45, 2.75) is 0 Å². The molecule has 3 rings (SSSR count). The summed E-state index contributed by atoms with van der Waals surface area (Å²) >= 11 is 1.77. The predicted octanol–water partition coefficient (Wildman–Crippen LogP) is 2.50. The van der Waals surface area contributed by atoms with Gasteiger partial charge in [0.15, 0.2) is 0 Å². The molecular weight excluding hydrogens is 206 g/mol. The summed E-state index contributed by atoms with van der Waals surface area (Å²) in [5, 5.41) is 6.64. The monoisotopic (exact) mass is 219 g/mol. The van der Waals surface area contributed by atoms with E-state index in [-0.39, 0.29) is 0 Å². The van der Waals surface area contributed by atoms with E-state index in [1.807, 2.05) is 0 Å². The molecule has 15 heavy (non-hydrogen) atoms. The highest BCUT2D eigenvalue weighted by molar-refractivity contribution is 7.17. The molecule has 1 fully saturated rings. The number of rotatable bonds is 3. The van der Waals surface area contributed by atoms with Gasteiger partial charge in [-0.25, -0.2) is 0 Å². The Morgan fingerprint density at radius 3 is 3.07 bits per heavy atom. The van der Waals surface area contributed by atoms with Gasteiger partial charge in [0.25, 0.3) is 0 Å². The van der Waals surface area contributed by atoms with Crippen molar-refractivity contribution >= 4 is 21.4 Å². The Kier molecular flexibility index (Phi) is 2.35. The molecule has 1 aliphatic heterocycles. The Bertz CT molecular complexity index is 461. The van der Waals surface area contributed by atoms with E-state index in [0.29, 0.717) is 5.92 Å². The fourth-order valence-corrected chi connectivity index (χ4v) is 2.49. The molecule has 0 radical (unpaired) electrons. The molecule has 0 atom stereocenters. The van der Waals surface area contributed by atoms with Crippen molar-refractivity contribution in [3.8, 4) is 5.75 Å². The van der Waals surface area contributed by atoms with Crippen LogP contribution in [-0.4, -0.2) is 19.7 Å². The first kappa shape index (κ1) is 9.19. The van der Waals surface area contributed by atoms with Gasteiger partial charge in [0.1, 0.15) is 5.75 Å². The number of benzene rings is 1. The molecule has 2 aromatic rings. The molecule has 1 N–H and O–H groups in total. The van der Waals surface area contributed by atoms with Gasteiger partial charge in [-0.15, -0.1) is 11.3 Å². The summed E-state index contributed by atoms with van der Waals surface area (Å²) in [6, 6.07) is 8.45. The van der Waals surface area contributed by atoms with Crippen molar-refractivity contribution in [1.29, 1.82) is 0 Å². The van der Waals surface area contributed by atoms with Crippen LogP contribution in [0.4, 0.5) is 0 Å². The van der Waals surface area contributed by atoms with Crippen LogP contribution < -0.4 is 10.1 Å². The number of hydrogen-bond donors (Lipinski definition) is 1. The molecule has 0 saturated carbocycles. The molecular formula is C12H13NOS. The molecule has 0 amide bonds. The third-order valence-electron chi connectivity index (χ3n) is 2.78. The minimum atomic E-state index is 0.697. The van der Waals surface area contributed by atoms with Gasteiger partial charge in [0.05, 0.1) is 6.61 Å². The van der Waals surface area contributed by atoms with E-state index < -0.39 is 0 Å². The van der Waals surface area contributed by atoms with Crippen molar-refractivity contribution in [2.75, 3.05) is 19.7 Å². The van der Waals surface area contributed by atoms with E-state index in [9.17, 15) is 0 Å². The van der Waals surface area contributed by atoms with Crippen molar-refractivity contribution < 1.29 is 4.74 Å². The first-order chi connectivity index (χ1) is 7.42. The maximum absolute atomic E-state index is 5.75. The lowest BCUT2D eigenvalue weighted by Crippen LogP contribution is -2.45. The van der Waals surface area contributed by atoms with Gasteiger partial charge in [-0.1, -0.05) is 0 Å². The summed E-state index contributed by atoms with van der Waals surface area (Å²) in [4.78, 5) is 0. The molecule has 0 aliphatic carbocycles. The highest BCUT2D eigenvalue weighted by atomic mass is 32.1. The van der Waals surface area contributed by atoms with Crippen LogP contribution in [0, 0.1) is 5.92 Å². The topological polar surface area (TPSA) is 21.3 Å². The second-order valence-electron chi connectivity index (χ2n) is 3.96. The summed E-state index contributed by atoms with van der Waals surface area (Å²) in [6.45, 7) is 3.03. The van der Waals surface area contributed by atoms with Crippen LogP contribution in [0.1, 0.15) is 0 Å². The van der Waals surface area contributed by atoms with E-state index in [2.05, 4.69) is 35.0 Å². The third-order valence-corrected chi connectivity index (χ3v) is 3.67. The Morgan fingerprint density at radius 1 is 1.33 bits per heavy atom. The first-order valence-corrected chi connectivity index (χ1v) is 6.10. The molecule has 1 aromatic carbocycles. The Balaban J connectivity index is 1.72. The fourth-order valence-electron chi connectivity index (χ4n) is 1.71. The zero-order chi connectivity index (χ0) is 10.1. The first-order valence-electron chi connectivity index (χ1n) is 5.22. The average molecular weight is 219 g/mol. The zero-order valence-electron chi connectivity index (χ0n) is 8.40. The molecule has 1 aromatic heterocycles. The molecule has 0 unspecified atom stereocenters. The van der Waals surface area contributed by atoms with Gasteiger partial charge < -0.3 is 10.1 Å². The van der Waals surface area contributed by atoms with E-state index in [4.69, 9.17) is 4.74 Å². The summed E-state index contributed by atoms with van der Waals surface area (Å²) in [7, 11) is 0. The van der Waals surface area contributed by atoms with Gasteiger partial charge in [-0.05, 0) is 35.0 Å². The summed E-state index contributed by atoms with van der Waals surface area (Å²) < 4.78 is 7.08. The normalized spacial score (nSPS) is 16.5. The largest absolute Gasteiger partial charge is 0.493 e. The highest BCUT2D eigenvalue weighted by Gasteiger charge is 2.16. The number of nitrogens with one attached hydrogen (secondary N) is 1. The standard InChI is InChI=1S/C12H13NOS/c1-2-12-10(3-4-15-12)5-11(1)14-8-9-6-13-7-9/h1-5,9,13H,6-8H2. The van der Waals surface area contributed by atoms with E-state index in [0.717, 1.165) is 25.4 Å². The number of ether oxygens (including phenoxy) is 1. The van der Waals surface area contributed by atoms with E-state index in [1.165, 1.54) is 10.1 Å². The van der Waals surface area contributed by atoms with Crippen molar-refractivity contribution in [3.63, 3.8) is 0 Å². The number of fused-ring (bicyclic) bond motifs is 1. The summed E-state index contributed by atoms with van der Waals surface area (Å²) in [5.74, 6) is 1.69. The van der Waals surface area contributed by atoms with Gasteiger partial charge in [-0.2, -0.15) is 0 Å². The van der Waals surface area contributed by atoms with Crippen molar-refractivity contribution in [1.82, 2.24) is 5.32 Å². The van der Waals surface area contributed by atoms with Gasteiger partial charge in [0, 0.05) is 23.7 Å². The second-order valence-corrected chi connectivity index (χ2v) is 4.90. The Labute approximate surface area is 92.9 Å². The average Bonchev–Trinajstić information content (AvgIpc) is 2.62. The summed E-state index contributed by atoms with van der Waals surface area (Å²) in [5.41, 5.74) is 0. The maximum atomic E-state index is 5.75. The van der Waals surface area contributed by atoms with Gasteiger partial charge in [0.2, 0.25) is 0 Å². The van der Waals surface area contributed by atoms with Crippen molar-refractivity contribution in [2.24, 2.45) is 5.92 Å². The number of thiophene rings is 1. The molecule has 78 valence electrons. The quantitative estimate of drug-likeness (QED) is 0.856. The van der Waals surface area contributed by atoms with E-state index >= 15 is 0 Å². The third kappa shape index (κ3) is 1.85. The lowest BCUT2D eigenvalue weighted by atomic mass is 10.1. The van der Waals surface area contributed by atoms with E-state index in [1.54, 1.807) is 11.3 Å². The molecule has 0 spiro atoms.